The molecule has 3 N–H and O–H groups in total. The van der Waals surface area contributed by atoms with E-state index in [1.165, 1.54) is 18.2 Å². The molecule has 0 heterocycles. The number of aromatic hydroxyl groups is 2. The first-order valence-corrected chi connectivity index (χ1v) is 5.09. The van der Waals surface area contributed by atoms with Crippen molar-refractivity contribution < 1.29 is 23.4 Å². The van der Waals surface area contributed by atoms with Crippen LogP contribution in [0.15, 0.2) is 18.2 Å². The molecule has 0 aliphatic carbocycles. The number of hydrogen-bond acceptors (Lipinski definition) is 3. The van der Waals surface area contributed by atoms with Crippen LogP contribution in [0.5, 0.6) is 11.5 Å². The number of phenolic OH excluding ortho intramolecular Hbond substituents is 2. The van der Waals surface area contributed by atoms with E-state index >= 15 is 0 Å². The number of benzene rings is 1. The van der Waals surface area contributed by atoms with E-state index in [9.17, 15) is 18.3 Å². The molecule has 0 aromatic heterocycles. The standard InChI is InChI=1S/C11H14F3NO2/c1-6(15-11(14)10(12)13)4-7-2-3-8(16)9(17)5-7/h2-3,5-6,10-11,15-17H,4H2,1H3. The van der Waals surface area contributed by atoms with Crippen molar-refractivity contribution in [1.82, 2.24) is 5.32 Å². The van der Waals surface area contributed by atoms with Gasteiger partial charge in [-0.25, -0.2) is 13.2 Å². The predicted octanol–water partition coefficient (Wildman–Crippen LogP) is 2.18. The minimum atomic E-state index is -3.06. The molecule has 2 atom stereocenters. The van der Waals surface area contributed by atoms with Gasteiger partial charge in [0.05, 0.1) is 0 Å². The predicted molar refractivity (Wildman–Crippen MR) is 57.0 cm³/mol. The smallest absolute Gasteiger partial charge is 0.282 e. The lowest BCUT2D eigenvalue weighted by Gasteiger charge is -2.17. The molecule has 0 aliphatic rings. The third-order valence-electron chi connectivity index (χ3n) is 2.25. The molecule has 1 aromatic rings. The van der Waals surface area contributed by atoms with Gasteiger partial charge in [0.15, 0.2) is 11.5 Å². The molecule has 0 amide bonds. The molecule has 0 fully saturated rings. The maximum absolute atomic E-state index is 12.7. The molecular weight excluding hydrogens is 235 g/mol. The number of halogens is 3. The van der Waals surface area contributed by atoms with Crippen LogP contribution in [0.2, 0.25) is 0 Å². The van der Waals surface area contributed by atoms with E-state index in [2.05, 4.69) is 5.32 Å². The second-order valence-corrected chi connectivity index (χ2v) is 3.83. The zero-order valence-corrected chi connectivity index (χ0v) is 9.20. The summed E-state index contributed by atoms with van der Waals surface area (Å²) in [4.78, 5) is 0. The van der Waals surface area contributed by atoms with Gasteiger partial charge < -0.3 is 10.2 Å². The Kier molecular flexibility index (Phi) is 4.62. The van der Waals surface area contributed by atoms with Crippen molar-refractivity contribution >= 4 is 0 Å². The van der Waals surface area contributed by atoms with Gasteiger partial charge in [-0.15, -0.1) is 0 Å². The monoisotopic (exact) mass is 249 g/mol. The molecule has 0 aliphatic heterocycles. The summed E-state index contributed by atoms with van der Waals surface area (Å²) < 4.78 is 36.5. The third-order valence-corrected chi connectivity index (χ3v) is 2.25. The molecule has 0 radical (unpaired) electrons. The molecule has 1 aromatic carbocycles. The molecule has 0 spiro atoms. The Balaban J connectivity index is 2.56. The fourth-order valence-corrected chi connectivity index (χ4v) is 1.45. The SMILES string of the molecule is CC(Cc1ccc(O)c(O)c1)NC(F)C(F)F. The van der Waals surface area contributed by atoms with Crippen molar-refractivity contribution in [1.29, 1.82) is 0 Å². The summed E-state index contributed by atoms with van der Waals surface area (Å²) in [6.07, 6.45) is -5.16. The molecule has 0 saturated heterocycles. The third kappa shape index (κ3) is 4.14. The lowest BCUT2D eigenvalue weighted by Crippen LogP contribution is -2.39. The highest BCUT2D eigenvalue weighted by molar-refractivity contribution is 5.40. The number of hydrogen-bond donors (Lipinski definition) is 3. The van der Waals surface area contributed by atoms with Gasteiger partial charge in [0.2, 0.25) is 6.30 Å². The number of rotatable bonds is 5. The maximum Gasteiger partial charge on any atom is 0.282 e. The van der Waals surface area contributed by atoms with E-state index in [0.717, 1.165) is 0 Å². The molecular formula is C11H14F3NO2. The minimum Gasteiger partial charge on any atom is -0.504 e. The quantitative estimate of drug-likeness (QED) is 0.553. The highest BCUT2D eigenvalue weighted by atomic mass is 19.3. The Morgan fingerprint density at radius 2 is 1.82 bits per heavy atom. The summed E-state index contributed by atoms with van der Waals surface area (Å²) in [6, 6.07) is 3.62. The fourth-order valence-electron chi connectivity index (χ4n) is 1.45. The largest absolute Gasteiger partial charge is 0.504 e. The Morgan fingerprint density at radius 3 is 2.35 bits per heavy atom. The fraction of sp³-hybridized carbons (Fsp3) is 0.455. The van der Waals surface area contributed by atoms with Crippen LogP contribution in [0.3, 0.4) is 0 Å². The lowest BCUT2D eigenvalue weighted by atomic mass is 10.1. The van der Waals surface area contributed by atoms with Crippen LogP contribution in [0.25, 0.3) is 0 Å². The Morgan fingerprint density at radius 1 is 1.18 bits per heavy atom. The van der Waals surface area contributed by atoms with Gasteiger partial charge in [0, 0.05) is 6.04 Å². The van der Waals surface area contributed by atoms with Gasteiger partial charge in [-0.1, -0.05) is 6.07 Å². The summed E-state index contributed by atoms with van der Waals surface area (Å²) in [5.74, 6) is -0.550. The van der Waals surface area contributed by atoms with E-state index in [4.69, 9.17) is 5.11 Å². The van der Waals surface area contributed by atoms with Gasteiger partial charge in [0.25, 0.3) is 6.43 Å². The summed E-state index contributed by atoms with van der Waals surface area (Å²) >= 11 is 0. The first-order chi connectivity index (χ1) is 7.90. The van der Waals surface area contributed by atoms with Gasteiger partial charge in [-0.2, -0.15) is 0 Å². The molecule has 1 rings (SSSR count). The normalized spacial score (nSPS) is 14.9. The van der Waals surface area contributed by atoms with Crippen molar-refractivity contribution in [2.45, 2.75) is 32.1 Å². The topological polar surface area (TPSA) is 52.5 Å². The van der Waals surface area contributed by atoms with Crippen LogP contribution in [-0.4, -0.2) is 29.0 Å². The minimum absolute atomic E-state index is 0.259. The van der Waals surface area contributed by atoms with Crippen LogP contribution in [0, 0.1) is 0 Å². The molecule has 0 saturated carbocycles. The Labute approximate surface area is 96.9 Å². The van der Waals surface area contributed by atoms with Crippen LogP contribution < -0.4 is 5.32 Å². The molecule has 96 valence electrons. The van der Waals surface area contributed by atoms with E-state index < -0.39 is 18.8 Å². The zero-order valence-electron chi connectivity index (χ0n) is 9.20. The van der Waals surface area contributed by atoms with Crippen molar-refractivity contribution in [3.8, 4) is 11.5 Å². The maximum atomic E-state index is 12.7. The summed E-state index contributed by atoms with van der Waals surface area (Å²) in [7, 11) is 0. The summed E-state index contributed by atoms with van der Waals surface area (Å²) in [5.41, 5.74) is 0.613. The van der Waals surface area contributed by atoms with Crippen LogP contribution >= 0.6 is 0 Å². The van der Waals surface area contributed by atoms with Crippen LogP contribution in [0.4, 0.5) is 13.2 Å². The molecule has 0 bridgehead atoms. The Bertz CT molecular complexity index is 374. The van der Waals surface area contributed by atoms with Gasteiger partial charge >= 0.3 is 0 Å². The summed E-state index contributed by atoms with van der Waals surface area (Å²) in [6.45, 7) is 1.55. The second kappa shape index (κ2) is 5.77. The summed E-state index contributed by atoms with van der Waals surface area (Å²) in [5, 5.41) is 20.4. The first-order valence-electron chi connectivity index (χ1n) is 5.09. The zero-order chi connectivity index (χ0) is 13.0. The molecule has 17 heavy (non-hydrogen) atoms. The number of nitrogens with one attached hydrogen (secondary N) is 1. The first kappa shape index (κ1) is 13.6. The van der Waals surface area contributed by atoms with Crippen molar-refractivity contribution in [2.24, 2.45) is 0 Å². The molecule has 6 heteroatoms. The molecule has 3 nitrogen and oxygen atoms in total. The number of alkyl halides is 3. The van der Waals surface area contributed by atoms with E-state index in [0.29, 0.717) is 5.56 Å². The number of phenols is 2. The second-order valence-electron chi connectivity index (χ2n) is 3.83. The van der Waals surface area contributed by atoms with E-state index in [1.807, 2.05) is 0 Å². The van der Waals surface area contributed by atoms with Crippen molar-refractivity contribution in [3.63, 3.8) is 0 Å². The lowest BCUT2D eigenvalue weighted by molar-refractivity contribution is 0.0250. The average Bonchev–Trinajstić information content (AvgIpc) is 2.23. The van der Waals surface area contributed by atoms with E-state index in [-0.39, 0.29) is 17.9 Å². The van der Waals surface area contributed by atoms with Crippen LogP contribution in [0.1, 0.15) is 12.5 Å². The van der Waals surface area contributed by atoms with Crippen LogP contribution in [-0.2, 0) is 6.42 Å². The van der Waals surface area contributed by atoms with Gasteiger partial charge in [0.1, 0.15) is 0 Å². The highest BCUT2D eigenvalue weighted by Gasteiger charge is 2.20. The van der Waals surface area contributed by atoms with Gasteiger partial charge in [-0.3, -0.25) is 5.32 Å². The average molecular weight is 249 g/mol. The Hall–Kier alpha value is -1.43. The highest BCUT2D eigenvalue weighted by Crippen LogP contribution is 2.25. The van der Waals surface area contributed by atoms with Gasteiger partial charge in [-0.05, 0) is 31.0 Å². The van der Waals surface area contributed by atoms with Crippen molar-refractivity contribution in [2.75, 3.05) is 0 Å². The molecule has 2 unspecified atom stereocenters. The van der Waals surface area contributed by atoms with Crippen molar-refractivity contribution in [3.05, 3.63) is 23.8 Å². The van der Waals surface area contributed by atoms with E-state index in [1.54, 1.807) is 6.92 Å².